The first-order valence-corrected chi connectivity index (χ1v) is 12.5. The predicted octanol–water partition coefficient (Wildman–Crippen LogP) is 5.70. The standard InChI is InChI=1S/C28H35F3N2O3/c1-18-14-21-20-8-4-5-9-24(20)32-26(21)27(33(18)17-28(2,3)31)25-22(29)15-19(16-23(25)30)36-13-12-35-11-7-6-10-34/h4-5,8-9,15-16,18,27,32,34H,6-7,10-14,17H2,1-3H3/t18-,27-/m1/s1. The molecular weight excluding hydrogens is 469 g/mol. The van der Waals surface area contributed by atoms with E-state index >= 15 is 8.78 Å². The molecule has 0 amide bonds. The Kier molecular flexibility index (Phi) is 8.27. The van der Waals surface area contributed by atoms with E-state index in [2.05, 4.69) is 4.98 Å². The Hall–Kier alpha value is -2.55. The Bertz CT molecular complexity index is 1150. The van der Waals surface area contributed by atoms with E-state index in [0.29, 0.717) is 25.1 Å². The molecule has 1 aliphatic rings. The zero-order valence-electron chi connectivity index (χ0n) is 21.1. The average molecular weight is 505 g/mol. The van der Waals surface area contributed by atoms with Crippen LogP contribution in [0.25, 0.3) is 10.9 Å². The van der Waals surface area contributed by atoms with Gasteiger partial charge in [0.25, 0.3) is 0 Å². The van der Waals surface area contributed by atoms with E-state index in [-0.39, 0.29) is 43.7 Å². The van der Waals surface area contributed by atoms with Gasteiger partial charge >= 0.3 is 0 Å². The van der Waals surface area contributed by atoms with Gasteiger partial charge in [0, 0.05) is 60.1 Å². The lowest BCUT2D eigenvalue weighted by atomic mass is 9.87. The summed E-state index contributed by atoms with van der Waals surface area (Å²) in [4.78, 5) is 5.22. The van der Waals surface area contributed by atoms with Crippen LogP contribution in [-0.2, 0) is 11.2 Å². The lowest BCUT2D eigenvalue weighted by Crippen LogP contribution is -2.48. The molecule has 0 bridgehead atoms. The predicted molar refractivity (Wildman–Crippen MR) is 134 cm³/mol. The summed E-state index contributed by atoms with van der Waals surface area (Å²) in [6, 6.07) is 9.22. The van der Waals surface area contributed by atoms with Crippen LogP contribution in [0.3, 0.4) is 0 Å². The fraction of sp³-hybridized carbons (Fsp3) is 0.500. The number of fused-ring (bicyclic) bond motifs is 3. The monoisotopic (exact) mass is 504 g/mol. The number of aromatic nitrogens is 1. The van der Waals surface area contributed by atoms with Gasteiger partial charge in [-0.2, -0.15) is 0 Å². The molecule has 2 atom stereocenters. The summed E-state index contributed by atoms with van der Waals surface area (Å²) >= 11 is 0. The molecule has 2 N–H and O–H groups in total. The van der Waals surface area contributed by atoms with Gasteiger partial charge in [-0.15, -0.1) is 0 Å². The van der Waals surface area contributed by atoms with Crippen molar-refractivity contribution < 1.29 is 27.8 Å². The Morgan fingerprint density at radius 2 is 1.81 bits per heavy atom. The highest BCUT2D eigenvalue weighted by molar-refractivity contribution is 5.85. The number of rotatable bonds is 11. The molecule has 5 nitrogen and oxygen atoms in total. The fourth-order valence-corrected chi connectivity index (χ4v) is 5.04. The molecule has 1 aliphatic heterocycles. The Morgan fingerprint density at radius 3 is 2.50 bits per heavy atom. The van der Waals surface area contributed by atoms with Gasteiger partial charge in [0.1, 0.15) is 29.7 Å². The molecule has 0 spiro atoms. The highest BCUT2D eigenvalue weighted by atomic mass is 19.1. The third-order valence-corrected chi connectivity index (χ3v) is 6.60. The van der Waals surface area contributed by atoms with Crippen LogP contribution in [0.15, 0.2) is 36.4 Å². The van der Waals surface area contributed by atoms with Crippen LogP contribution in [0.1, 0.15) is 56.5 Å². The molecule has 36 heavy (non-hydrogen) atoms. The zero-order chi connectivity index (χ0) is 25.9. The van der Waals surface area contributed by atoms with Crippen molar-refractivity contribution in [3.05, 3.63) is 64.9 Å². The maximum Gasteiger partial charge on any atom is 0.135 e. The average Bonchev–Trinajstić information content (AvgIpc) is 3.17. The first-order chi connectivity index (χ1) is 17.2. The van der Waals surface area contributed by atoms with E-state index in [1.807, 2.05) is 36.1 Å². The van der Waals surface area contributed by atoms with Crippen LogP contribution in [0, 0.1) is 11.6 Å². The summed E-state index contributed by atoms with van der Waals surface area (Å²) in [5.74, 6) is -1.40. The van der Waals surface area contributed by atoms with Gasteiger partial charge in [-0.3, -0.25) is 4.90 Å². The third-order valence-electron chi connectivity index (χ3n) is 6.60. The van der Waals surface area contributed by atoms with Crippen LogP contribution in [0.2, 0.25) is 0 Å². The molecule has 0 aliphatic carbocycles. The molecule has 3 aromatic rings. The number of para-hydroxylation sites is 1. The number of hydrogen-bond acceptors (Lipinski definition) is 4. The maximum atomic E-state index is 15.6. The lowest BCUT2D eigenvalue weighted by molar-refractivity contribution is 0.0641. The summed E-state index contributed by atoms with van der Waals surface area (Å²) in [5, 5.41) is 9.81. The van der Waals surface area contributed by atoms with Gasteiger partial charge in [-0.05, 0) is 51.7 Å². The number of nitrogens with one attached hydrogen (secondary N) is 1. The number of alkyl halides is 1. The second-order valence-electron chi connectivity index (χ2n) is 10.1. The molecule has 4 rings (SSSR count). The molecular formula is C28H35F3N2O3. The number of aliphatic hydroxyl groups is 1. The number of hydrogen-bond donors (Lipinski definition) is 2. The lowest BCUT2D eigenvalue weighted by Gasteiger charge is -2.43. The third kappa shape index (κ3) is 5.88. The van der Waals surface area contributed by atoms with E-state index in [9.17, 15) is 4.39 Å². The highest BCUT2D eigenvalue weighted by Gasteiger charge is 2.41. The van der Waals surface area contributed by atoms with Crippen molar-refractivity contribution in [1.82, 2.24) is 9.88 Å². The topological polar surface area (TPSA) is 57.7 Å². The maximum absolute atomic E-state index is 15.6. The summed E-state index contributed by atoms with van der Waals surface area (Å²) in [6.45, 7) is 5.97. The summed E-state index contributed by atoms with van der Waals surface area (Å²) in [7, 11) is 0. The van der Waals surface area contributed by atoms with Crippen molar-refractivity contribution in [2.45, 2.75) is 57.8 Å². The number of halogens is 3. The van der Waals surface area contributed by atoms with Crippen LogP contribution >= 0.6 is 0 Å². The summed E-state index contributed by atoms with van der Waals surface area (Å²) in [6.07, 6.45) is 2.04. The summed E-state index contributed by atoms with van der Waals surface area (Å²) in [5.41, 5.74) is 0.922. The zero-order valence-corrected chi connectivity index (χ0v) is 21.1. The molecule has 2 heterocycles. The van der Waals surface area contributed by atoms with E-state index in [4.69, 9.17) is 14.6 Å². The molecule has 0 fully saturated rings. The van der Waals surface area contributed by atoms with Crippen molar-refractivity contribution >= 4 is 10.9 Å². The van der Waals surface area contributed by atoms with Gasteiger partial charge in [0.15, 0.2) is 0 Å². The van der Waals surface area contributed by atoms with Crippen molar-refractivity contribution in [2.75, 3.05) is 33.0 Å². The first kappa shape index (κ1) is 26.5. The molecule has 2 aromatic carbocycles. The minimum atomic E-state index is -1.55. The van der Waals surface area contributed by atoms with Crippen molar-refractivity contribution in [3.63, 3.8) is 0 Å². The minimum absolute atomic E-state index is 0.0262. The molecule has 196 valence electrons. The van der Waals surface area contributed by atoms with Gasteiger partial charge in [0.2, 0.25) is 0 Å². The number of ether oxygens (including phenoxy) is 2. The SMILES string of the molecule is C[C@@H]1Cc2c([nH]c3ccccc23)[C@@H](c2c(F)cc(OCCOCCCCO)cc2F)N1CC(C)(C)F. The molecule has 0 radical (unpaired) electrons. The Balaban J connectivity index is 1.64. The van der Waals surface area contributed by atoms with E-state index in [1.165, 1.54) is 26.0 Å². The number of H-pyrrole nitrogens is 1. The summed E-state index contributed by atoms with van der Waals surface area (Å²) < 4.78 is 57.0. The van der Waals surface area contributed by atoms with Gasteiger partial charge in [-0.25, -0.2) is 13.2 Å². The number of unbranched alkanes of at least 4 members (excludes halogenated alkanes) is 1. The number of benzene rings is 2. The van der Waals surface area contributed by atoms with E-state index in [1.54, 1.807) is 0 Å². The second-order valence-corrected chi connectivity index (χ2v) is 10.1. The van der Waals surface area contributed by atoms with Crippen molar-refractivity contribution in [2.24, 2.45) is 0 Å². The Labute approximate surface area is 210 Å². The van der Waals surface area contributed by atoms with E-state index in [0.717, 1.165) is 22.9 Å². The molecule has 0 saturated heterocycles. The van der Waals surface area contributed by atoms with Crippen LogP contribution in [0.4, 0.5) is 13.2 Å². The first-order valence-electron chi connectivity index (χ1n) is 12.5. The molecule has 0 unspecified atom stereocenters. The van der Waals surface area contributed by atoms with Crippen LogP contribution in [0.5, 0.6) is 5.75 Å². The number of aliphatic hydroxyl groups excluding tert-OH is 1. The Morgan fingerprint density at radius 1 is 1.08 bits per heavy atom. The van der Waals surface area contributed by atoms with E-state index < -0.39 is 23.3 Å². The minimum Gasteiger partial charge on any atom is -0.491 e. The number of aromatic amines is 1. The molecule has 8 heteroatoms. The van der Waals surface area contributed by atoms with Gasteiger partial charge < -0.3 is 19.6 Å². The van der Waals surface area contributed by atoms with Gasteiger partial charge in [0.05, 0.1) is 12.6 Å². The quantitative estimate of drug-likeness (QED) is 0.329. The van der Waals surface area contributed by atoms with Crippen LogP contribution in [-0.4, -0.2) is 59.7 Å². The molecule has 0 saturated carbocycles. The highest BCUT2D eigenvalue weighted by Crippen LogP contribution is 2.43. The van der Waals surface area contributed by atoms with Crippen LogP contribution < -0.4 is 4.74 Å². The normalized spacial score (nSPS) is 18.5. The fourth-order valence-electron chi connectivity index (χ4n) is 5.04. The van der Waals surface area contributed by atoms with Crippen molar-refractivity contribution in [3.8, 4) is 5.75 Å². The smallest absolute Gasteiger partial charge is 0.135 e. The van der Waals surface area contributed by atoms with Gasteiger partial charge in [-0.1, -0.05) is 18.2 Å². The number of nitrogens with zero attached hydrogens (tertiary/aromatic N) is 1. The van der Waals surface area contributed by atoms with Crippen molar-refractivity contribution in [1.29, 1.82) is 0 Å². The second kappa shape index (κ2) is 11.2. The molecule has 1 aromatic heterocycles. The largest absolute Gasteiger partial charge is 0.491 e.